The van der Waals surface area contributed by atoms with Crippen LogP contribution in [0, 0.1) is 0 Å². The van der Waals surface area contributed by atoms with E-state index in [1.54, 1.807) is 17.3 Å². The Hall–Kier alpha value is -1.36. The Bertz CT molecular complexity index is 263. The predicted octanol–water partition coefficient (Wildman–Crippen LogP) is 1.15. The minimum atomic E-state index is 0.122. The lowest BCUT2D eigenvalue weighted by Crippen LogP contribution is -2.21. The summed E-state index contributed by atoms with van der Waals surface area (Å²) in [4.78, 5) is 8.21. The van der Waals surface area contributed by atoms with Crippen molar-refractivity contribution < 1.29 is 4.74 Å². The average molecular weight is 196 g/mol. The van der Waals surface area contributed by atoms with Crippen LogP contribution in [-0.4, -0.2) is 35.2 Å². The molecule has 0 atom stereocenters. The number of hydrogen-bond acceptors (Lipinski definition) is 5. The molecule has 0 amide bonds. The summed E-state index contributed by atoms with van der Waals surface area (Å²) >= 11 is 0. The number of anilines is 1. The van der Waals surface area contributed by atoms with Gasteiger partial charge in [-0.25, -0.2) is 9.99 Å². The highest BCUT2D eigenvalue weighted by atomic mass is 16.5. The van der Waals surface area contributed by atoms with E-state index in [-0.39, 0.29) is 6.10 Å². The van der Waals surface area contributed by atoms with Gasteiger partial charge in [-0.2, -0.15) is 4.98 Å². The lowest BCUT2D eigenvalue weighted by Gasteiger charge is -2.13. The van der Waals surface area contributed by atoms with E-state index in [9.17, 15) is 0 Å². The highest BCUT2D eigenvalue weighted by Gasteiger charge is 2.01. The lowest BCUT2D eigenvalue weighted by atomic mass is 10.5. The maximum atomic E-state index is 5.43. The van der Waals surface area contributed by atoms with Crippen molar-refractivity contribution in [3.05, 3.63) is 12.3 Å². The molecule has 1 aromatic rings. The number of hydrazine groups is 1. The Morgan fingerprint density at radius 1 is 1.43 bits per heavy atom. The first-order valence-corrected chi connectivity index (χ1v) is 4.51. The van der Waals surface area contributed by atoms with Gasteiger partial charge in [-0.05, 0) is 13.8 Å². The molecule has 1 N–H and O–H groups in total. The third-order valence-corrected chi connectivity index (χ3v) is 1.31. The normalized spacial score (nSPS) is 10.7. The van der Waals surface area contributed by atoms with Crippen LogP contribution in [0.3, 0.4) is 0 Å². The number of ether oxygens (including phenoxy) is 1. The fourth-order valence-corrected chi connectivity index (χ4v) is 0.903. The Balaban J connectivity index is 2.68. The van der Waals surface area contributed by atoms with Crippen molar-refractivity contribution >= 4 is 5.95 Å². The van der Waals surface area contributed by atoms with Crippen molar-refractivity contribution in [3.63, 3.8) is 0 Å². The molecular weight excluding hydrogens is 180 g/mol. The van der Waals surface area contributed by atoms with Crippen molar-refractivity contribution in [2.75, 3.05) is 19.5 Å². The molecule has 0 saturated heterocycles. The van der Waals surface area contributed by atoms with Crippen LogP contribution in [0.25, 0.3) is 0 Å². The van der Waals surface area contributed by atoms with Crippen molar-refractivity contribution in [1.82, 2.24) is 15.0 Å². The number of rotatable bonds is 4. The minimum absolute atomic E-state index is 0.122. The first kappa shape index (κ1) is 10.7. The molecule has 0 aliphatic heterocycles. The molecule has 0 unspecified atom stereocenters. The third kappa shape index (κ3) is 3.57. The van der Waals surface area contributed by atoms with Gasteiger partial charge in [0.05, 0.1) is 6.10 Å². The first-order chi connectivity index (χ1) is 6.58. The van der Waals surface area contributed by atoms with Crippen molar-refractivity contribution in [1.29, 1.82) is 0 Å². The van der Waals surface area contributed by atoms with E-state index in [1.807, 2.05) is 27.9 Å². The molecule has 0 aliphatic carbocycles. The van der Waals surface area contributed by atoms with E-state index >= 15 is 0 Å². The van der Waals surface area contributed by atoms with Gasteiger partial charge in [0.1, 0.15) is 0 Å². The number of nitrogens with one attached hydrogen (secondary N) is 1. The first-order valence-electron chi connectivity index (χ1n) is 4.51. The second-order valence-electron chi connectivity index (χ2n) is 3.39. The third-order valence-electron chi connectivity index (χ3n) is 1.31. The molecule has 0 spiro atoms. The highest BCUT2D eigenvalue weighted by Crippen LogP contribution is 2.09. The molecule has 0 fully saturated rings. The Morgan fingerprint density at radius 3 is 2.71 bits per heavy atom. The van der Waals surface area contributed by atoms with Crippen LogP contribution < -0.4 is 10.2 Å². The molecule has 78 valence electrons. The molecule has 0 aromatic carbocycles. The number of nitrogens with zero attached hydrogens (tertiary/aromatic N) is 3. The minimum Gasteiger partial charge on any atom is -0.475 e. The van der Waals surface area contributed by atoms with Gasteiger partial charge in [-0.1, -0.05) is 0 Å². The van der Waals surface area contributed by atoms with Gasteiger partial charge in [0.2, 0.25) is 11.8 Å². The zero-order valence-electron chi connectivity index (χ0n) is 8.98. The van der Waals surface area contributed by atoms with Crippen LogP contribution in [0.2, 0.25) is 0 Å². The molecule has 0 aliphatic rings. The summed E-state index contributed by atoms with van der Waals surface area (Å²) in [5.41, 5.74) is 2.95. The van der Waals surface area contributed by atoms with Crippen molar-refractivity contribution in [2.24, 2.45) is 0 Å². The molecule has 0 saturated carbocycles. The van der Waals surface area contributed by atoms with Crippen molar-refractivity contribution in [3.8, 4) is 5.88 Å². The second kappa shape index (κ2) is 4.76. The highest BCUT2D eigenvalue weighted by molar-refractivity contribution is 5.25. The van der Waals surface area contributed by atoms with Gasteiger partial charge in [-0.15, -0.1) is 0 Å². The number of aromatic nitrogens is 2. The SMILES string of the molecule is CC(C)Oc1ccnc(NN(C)C)n1. The summed E-state index contributed by atoms with van der Waals surface area (Å²) in [6.45, 7) is 3.92. The van der Waals surface area contributed by atoms with Gasteiger partial charge in [0, 0.05) is 26.4 Å². The van der Waals surface area contributed by atoms with Crippen LogP contribution >= 0.6 is 0 Å². The Labute approximate surface area is 84.1 Å². The monoisotopic (exact) mass is 196 g/mol. The van der Waals surface area contributed by atoms with Crippen LogP contribution in [0.1, 0.15) is 13.8 Å². The van der Waals surface area contributed by atoms with E-state index < -0.39 is 0 Å². The summed E-state index contributed by atoms with van der Waals surface area (Å²) < 4.78 is 5.43. The zero-order valence-corrected chi connectivity index (χ0v) is 8.98. The molecule has 1 rings (SSSR count). The summed E-state index contributed by atoms with van der Waals surface area (Å²) in [6.07, 6.45) is 1.79. The average Bonchev–Trinajstić information content (AvgIpc) is 2.01. The summed E-state index contributed by atoms with van der Waals surface area (Å²) in [5, 5.41) is 1.77. The van der Waals surface area contributed by atoms with Crippen LogP contribution in [-0.2, 0) is 0 Å². The van der Waals surface area contributed by atoms with Crippen molar-refractivity contribution in [2.45, 2.75) is 20.0 Å². The van der Waals surface area contributed by atoms with Gasteiger partial charge < -0.3 is 4.74 Å². The molecule has 5 heteroatoms. The van der Waals surface area contributed by atoms with Crippen LogP contribution in [0.4, 0.5) is 5.95 Å². The Morgan fingerprint density at radius 2 is 2.14 bits per heavy atom. The maximum Gasteiger partial charge on any atom is 0.240 e. The molecule has 1 heterocycles. The van der Waals surface area contributed by atoms with Crippen LogP contribution in [0.15, 0.2) is 12.3 Å². The summed E-state index contributed by atoms with van der Waals surface area (Å²) in [5.74, 6) is 1.12. The fraction of sp³-hybridized carbons (Fsp3) is 0.556. The van der Waals surface area contributed by atoms with Gasteiger partial charge >= 0.3 is 0 Å². The molecule has 0 bridgehead atoms. The summed E-state index contributed by atoms with van der Waals surface area (Å²) in [6, 6.07) is 1.74. The standard InChI is InChI=1S/C9H16N4O/c1-7(2)14-8-5-6-10-9(11-8)12-13(3)4/h5-7H,1-4H3,(H,10,11,12). The quantitative estimate of drug-likeness (QED) is 0.732. The Kier molecular flexibility index (Phi) is 3.64. The van der Waals surface area contributed by atoms with Gasteiger partial charge in [0.25, 0.3) is 0 Å². The van der Waals surface area contributed by atoms with Crippen LogP contribution in [0.5, 0.6) is 5.88 Å². The van der Waals surface area contributed by atoms with E-state index in [0.717, 1.165) is 0 Å². The predicted molar refractivity (Wildman–Crippen MR) is 55.1 cm³/mol. The van der Waals surface area contributed by atoms with E-state index in [1.165, 1.54) is 0 Å². The van der Waals surface area contributed by atoms with Gasteiger partial charge in [0.15, 0.2) is 0 Å². The molecular formula is C9H16N4O. The number of hydrogen-bond donors (Lipinski definition) is 1. The largest absolute Gasteiger partial charge is 0.475 e. The molecule has 5 nitrogen and oxygen atoms in total. The molecule has 0 radical (unpaired) electrons. The maximum absolute atomic E-state index is 5.43. The molecule has 14 heavy (non-hydrogen) atoms. The second-order valence-corrected chi connectivity index (χ2v) is 3.39. The zero-order chi connectivity index (χ0) is 10.6. The lowest BCUT2D eigenvalue weighted by molar-refractivity contribution is 0.232. The van der Waals surface area contributed by atoms with E-state index in [0.29, 0.717) is 11.8 Å². The van der Waals surface area contributed by atoms with E-state index in [2.05, 4.69) is 15.4 Å². The summed E-state index contributed by atoms with van der Waals surface area (Å²) in [7, 11) is 3.75. The topological polar surface area (TPSA) is 50.3 Å². The molecule has 1 aromatic heterocycles. The van der Waals surface area contributed by atoms with E-state index in [4.69, 9.17) is 4.74 Å². The smallest absolute Gasteiger partial charge is 0.240 e. The van der Waals surface area contributed by atoms with Gasteiger partial charge in [-0.3, -0.25) is 5.43 Å². The fourth-order valence-electron chi connectivity index (χ4n) is 0.903.